The van der Waals surface area contributed by atoms with Crippen LogP contribution >= 0.6 is 0 Å². The highest BCUT2D eigenvalue weighted by molar-refractivity contribution is 5.76. The molecule has 1 atom stereocenters. The first kappa shape index (κ1) is 16.2. The Labute approximate surface area is 131 Å². The Bertz CT molecular complexity index is 649. The highest BCUT2D eigenvalue weighted by Gasteiger charge is 2.10. The van der Waals surface area contributed by atoms with E-state index in [2.05, 4.69) is 31.3 Å². The van der Waals surface area contributed by atoms with Crippen molar-refractivity contribution < 1.29 is 9.18 Å². The van der Waals surface area contributed by atoms with Crippen molar-refractivity contribution in [2.75, 3.05) is 0 Å². The lowest BCUT2D eigenvalue weighted by molar-refractivity contribution is -0.121. The monoisotopic (exact) mass is 299 g/mol. The largest absolute Gasteiger partial charge is 0.350 e. The van der Waals surface area contributed by atoms with Crippen LogP contribution in [0, 0.1) is 19.7 Å². The Balaban J connectivity index is 1.88. The van der Waals surface area contributed by atoms with Crippen molar-refractivity contribution in [3.8, 4) is 0 Å². The van der Waals surface area contributed by atoms with Crippen molar-refractivity contribution in [3.05, 3.63) is 70.5 Å². The lowest BCUT2D eigenvalue weighted by Crippen LogP contribution is -2.26. The molecule has 0 heterocycles. The van der Waals surface area contributed by atoms with E-state index in [1.807, 2.05) is 13.0 Å². The zero-order valence-corrected chi connectivity index (χ0v) is 13.3. The van der Waals surface area contributed by atoms with Crippen molar-refractivity contribution in [2.45, 2.75) is 39.7 Å². The first-order valence-electron chi connectivity index (χ1n) is 7.56. The molecule has 0 aliphatic heterocycles. The average Bonchev–Trinajstić information content (AvgIpc) is 2.49. The van der Waals surface area contributed by atoms with Crippen molar-refractivity contribution in [1.29, 1.82) is 0 Å². The number of carbonyl (C=O) groups is 1. The molecule has 0 saturated carbocycles. The summed E-state index contributed by atoms with van der Waals surface area (Å²) in [6.45, 7) is 6.13. The van der Waals surface area contributed by atoms with Gasteiger partial charge in [0.1, 0.15) is 5.82 Å². The van der Waals surface area contributed by atoms with Crippen molar-refractivity contribution in [1.82, 2.24) is 5.32 Å². The quantitative estimate of drug-likeness (QED) is 0.878. The molecule has 0 spiro atoms. The standard InChI is InChI=1S/C19H22FNO/c1-13-4-8-17(12-14(13)2)15(3)21-19(22)11-7-16-5-9-18(20)10-6-16/h4-6,8-10,12,15H,7,11H2,1-3H3,(H,21,22)/t15-/m1/s1. The van der Waals surface area contributed by atoms with E-state index in [9.17, 15) is 9.18 Å². The van der Waals surface area contributed by atoms with Gasteiger partial charge in [0.2, 0.25) is 5.91 Å². The van der Waals surface area contributed by atoms with Crippen molar-refractivity contribution >= 4 is 5.91 Å². The van der Waals surface area contributed by atoms with Gasteiger partial charge in [0.15, 0.2) is 0 Å². The van der Waals surface area contributed by atoms with Gasteiger partial charge in [0, 0.05) is 6.42 Å². The fourth-order valence-corrected chi connectivity index (χ4v) is 2.34. The molecule has 1 N–H and O–H groups in total. The second kappa shape index (κ2) is 7.21. The Hall–Kier alpha value is -2.16. The van der Waals surface area contributed by atoms with Crippen LogP contribution in [0.25, 0.3) is 0 Å². The van der Waals surface area contributed by atoms with E-state index in [4.69, 9.17) is 0 Å². The maximum atomic E-state index is 12.8. The van der Waals surface area contributed by atoms with E-state index < -0.39 is 0 Å². The number of rotatable bonds is 5. The number of halogens is 1. The molecule has 0 aliphatic carbocycles. The normalized spacial score (nSPS) is 12.0. The highest BCUT2D eigenvalue weighted by atomic mass is 19.1. The highest BCUT2D eigenvalue weighted by Crippen LogP contribution is 2.17. The van der Waals surface area contributed by atoms with Crippen molar-refractivity contribution in [2.24, 2.45) is 0 Å². The lowest BCUT2D eigenvalue weighted by Gasteiger charge is -2.15. The summed E-state index contributed by atoms with van der Waals surface area (Å²) in [5, 5.41) is 3.01. The minimum Gasteiger partial charge on any atom is -0.350 e. The van der Waals surface area contributed by atoms with Crippen LogP contribution in [0.15, 0.2) is 42.5 Å². The smallest absolute Gasteiger partial charge is 0.220 e. The van der Waals surface area contributed by atoms with E-state index in [0.29, 0.717) is 12.8 Å². The summed E-state index contributed by atoms with van der Waals surface area (Å²) < 4.78 is 12.8. The van der Waals surface area contributed by atoms with Gasteiger partial charge in [-0.2, -0.15) is 0 Å². The summed E-state index contributed by atoms with van der Waals surface area (Å²) >= 11 is 0. The van der Waals surface area contributed by atoms with Gasteiger partial charge in [0.25, 0.3) is 0 Å². The molecule has 0 fully saturated rings. The number of hydrogen-bond donors (Lipinski definition) is 1. The number of carbonyl (C=O) groups excluding carboxylic acids is 1. The van der Waals surface area contributed by atoms with Crippen LogP contribution in [0.2, 0.25) is 0 Å². The molecule has 0 saturated heterocycles. The zero-order chi connectivity index (χ0) is 16.1. The van der Waals surface area contributed by atoms with Gasteiger partial charge in [-0.1, -0.05) is 30.3 Å². The van der Waals surface area contributed by atoms with Gasteiger partial charge < -0.3 is 5.32 Å². The van der Waals surface area contributed by atoms with E-state index in [-0.39, 0.29) is 17.8 Å². The van der Waals surface area contributed by atoms with Crippen LogP contribution < -0.4 is 5.32 Å². The average molecular weight is 299 g/mol. The number of nitrogens with one attached hydrogen (secondary N) is 1. The van der Waals surface area contributed by atoms with Crippen LogP contribution in [0.4, 0.5) is 4.39 Å². The minimum absolute atomic E-state index is 0.00931. The molecule has 1 amide bonds. The van der Waals surface area contributed by atoms with Crippen LogP contribution in [0.5, 0.6) is 0 Å². The van der Waals surface area contributed by atoms with Gasteiger partial charge in [-0.05, 0) is 61.6 Å². The maximum Gasteiger partial charge on any atom is 0.220 e. The van der Waals surface area contributed by atoms with Gasteiger partial charge in [0.05, 0.1) is 6.04 Å². The Morgan fingerprint density at radius 3 is 2.41 bits per heavy atom. The summed E-state index contributed by atoms with van der Waals surface area (Å²) in [6, 6.07) is 12.5. The predicted molar refractivity (Wildman–Crippen MR) is 87.2 cm³/mol. The van der Waals surface area contributed by atoms with Gasteiger partial charge in [-0.15, -0.1) is 0 Å². The lowest BCUT2D eigenvalue weighted by atomic mass is 10.0. The van der Waals surface area contributed by atoms with Crippen LogP contribution in [-0.4, -0.2) is 5.91 Å². The second-order valence-corrected chi connectivity index (χ2v) is 5.76. The third-order valence-electron chi connectivity index (χ3n) is 3.96. The molecule has 0 radical (unpaired) electrons. The number of aryl methyl sites for hydroxylation is 3. The summed E-state index contributed by atoms with van der Waals surface area (Å²) in [5.74, 6) is -0.244. The molecule has 2 aromatic rings. The predicted octanol–water partition coefficient (Wildman–Crippen LogP) is 4.25. The van der Waals surface area contributed by atoms with E-state index in [0.717, 1.165) is 11.1 Å². The summed E-state index contributed by atoms with van der Waals surface area (Å²) in [5.41, 5.74) is 4.55. The number of hydrogen-bond acceptors (Lipinski definition) is 1. The van der Waals surface area contributed by atoms with Crippen molar-refractivity contribution in [3.63, 3.8) is 0 Å². The van der Waals surface area contributed by atoms with Gasteiger partial charge in [-0.3, -0.25) is 4.79 Å². The summed E-state index contributed by atoms with van der Waals surface area (Å²) in [7, 11) is 0. The fourth-order valence-electron chi connectivity index (χ4n) is 2.34. The molecule has 2 nitrogen and oxygen atoms in total. The topological polar surface area (TPSA) is 29.1 Å². The van der Waals surface area contributed by atoms with E-state index in [1.165, 1.54) is 23.3 Å². The molecular formula is C19H22FNO. The summed E-state index contributed by atoms with van der Waals surface area (Å²) in [6.07, 6.45) is 1.02. The number of benzene rings is 2. The summed E-state index contributed by atoms with van der Waals surface area (Å²) in [4.78, 5) is 12.0. The number of amides is 1. The molecule has 0 aliphatic rings. The Morgan fingerprint density at radius 1 is 1.09 bits per heavy atom. The van der Waals surface area contributed by atoms with Crippen LogP contribution in [0.3, 0.4) is 0 Å². The third kappa shape index (κ3) is 4.42. The Morgan fingerprint density at radius 2 is 1.77 bits per heavy atom. The second-order valence-electron chi connectivity index (χ2n) is 5.76. The zero-order valence-electron chi connectivity index (χ0n) is 13.3. The van der Waals surface area contributed by atoms with Crippen LogP contribution in [0.1, 0.15) is 41.6 Å². The molecule has 2 rings (SSSR count). The molecule has 3 heteroatoms. The molecule has 116 valence electrons. The van der Waals surface area contributed by atoms with E-state index in [1.54, 1.807) is 12.1 Å². The molecule has 22 heavy (non-hydrogen) atoms. The fraction of sp³-hybridized carbons (Fsp3) is 0.316. The first-order chi connectivity index (χ1) is 10.5. The SMILES string of the molecule is Cc1ccc([C@@H](C)NC(=O)CCc2ccc(F)cc2)cc1C. The molecular weight excluding hydrogens is 277 g/mol. The minimum atomic E-state index is -0.253. The van der Waals surface area contributed by atoms with Gasteiger partial charge in [-0.25, -0.2) is 4.39 Å². The van der Waals surface area contributed by atoms with Crippen LogP contribution in [-0.2, 0) is 11.2 Å². The Kier molecular flexibility index (Phi) is 5.31. The van der Waals surface area contributed by atoms with Gasteiger partial charge >= 0.3 is 0 Å². The molecule has 2 aromatic carbocycles. The third-order valence-corrected chi connectivity index (χ3v) is 3.96. The molecule has 0 bridgehead atoms. The molecule has 0 aromatic heterocycles. The first-order valence-corrected chi connectivity index (χ1v) is 7.56. The maximum absolute atomic E-state index is 12.8. The van der Waals surface area contributed by atoms with E-state index >= 15 is 0 Å². The molecule has 0 unspecified atom stereocenters.